The predicted octanol–water partition coefficient (Wildman–Crippen LogP) is 3.40. The van der Waals surface area contributed by atoms with Crippen LogP contribution < -0.4 is 14.2 Å². The molecule has 3 rings (SSSR count). The molecule has 0 radical (unpaired) electrons. The van der Waals surface area contributed by atoms with E-state index in [4.69, 9.17) is 37.4 Å². The molecular weight excluding hydrogens is 343 g/mol. The maximum atomic E-state index is 13.1. The Morgan fingerprint density at radius 2 is 1.87 bits per heavy atom. The molecule has 2 unspecified atom stereocenters. The normalized spacial score (nSPS) is 26.0. The molecule has 0 saturated carbocycles. The van der Waals surface area contributed by atoms with Gasteiger partial charge in [0.2, 0.25) is 11.4 Å². The zero-order chi connectivity index (χ0) is 16.9. The Morgan fingerprint density at radius 3 is 2.43 bits per heavy atom. The summed E-state index contributed by atoms with van der Waals surface area (Å²) in [5.41, 5.74) is -1.23. The van der Waals surface area contributed by atoms with Crippen LogP contribution in [0.25, 0.3) is 0 Å². The van der Waals surface area contributed by atoms with Gasteiger partial charge in [-0.25, -0.2) is 0 Å². The molecular formula is C16H14Cl2O5. The van der Waals surface area contributed by atoms with E-state index < -0.39 is 11.5 Å². The highest BCUT2D eigenvalue weighted by Gasteiger charge is 2.58. The Morgan fingerprint density at radius 1 is 1.22 bits per heavy atom. The molecule has 0 fully saturated rings. The number of carbonyl (C=O) groups is 2. The number of fused-ring (bicyclic) bond motifs is 1. The smallest absolute Gasteiger partial charge is 0.219 e. The number of hydrogen-bond donors (Lipinski definition) is 0. The second-order valence-electron chi connectivity index (χ2n) is 5.53. The van der Waals surface area contributed by atoms with Gasteiger partial charge in [0.15, 0.2) is 11.5 Å². The first-order chi connectivity index (χ1) is 10.9. The molecule has 122 valence electrons. The van der Waals surface area contributed by atoms with Gasteiger partial charge in [-0.1, -0.05) is 30.1 Å². The first-order valence-corrected chi connectivity index (χ1v) is 7.71. The summed E-state index contributed by atoms with van der Waals surface area (Å²) in [6.45, 7) is 1.74. The minimum absolute atomic E-state index is 0.0551. The summed E-state index contributed by atoms with van der Waals surface area (Å²) >= 11 is 12.5. The van der Waals surface area contributed by atoms with Crippen LogP contribution in [0.1, 0.15) is 23.7 Å². The first kappa shape index (κ1) is 16.1. The second-order valence-corrected chi connectivity index (χ2v) is 6.31. The van der Waals surface area contributed by atoms with E-state index in [1.54, 1.807) is 6.92 Å². The van der Waals surface area contributed by atoms with Crippen molar-refractivity contribution < 1.29 is 23.8 Å². The number of allylic oxidation sites excluding steroid dienone is 1. The molecule has 1 aromatic carbocycles. The van der Waals surface area contributed by atoms with Gasteiger partial charge >= 0.3 is 0 Å². The van der Waals surface area contributed by atoms with Gasteiger partial charge < -0.3 is 14.2 Å². The molecule has 7 heteroatoms. The van der Waals surface area contributed by atoms with Crippen molar-refractivity contribution in [2.45, 2.75) is 18.9 Å². The number of ketones is 2. The number of hydrogen-bond acceptors (Lipinski definition) is 5. The molecule has 1 heterocycles. The van der Waals surface area contributed by atoms with E-state index in [0.717, 1.165) is 0 Å². The van der Waals surface area contributed by atoms with E-state index in [9.17, 15) is 9.59 Å². The Labute approximate surface area is 143 Å². The van der Waals surface area contributed by atoms with Gasteiger partial charge in [0.05, 0.1) is 19.3 Å². The van der Waals surface area contributed by atoms with E-state index in [1.165, 1.54) is 26.4 Å². The van der Waals surface area contributed by atoms with Crippen LogP contribution in [0.2, 0.25) is 5.02 Å². The van der Waals surface area contributed by atoms with Crippen molar-refractivity contribution in [3.05, 3.63) is 27.8 Å². The van der Waals surface area contributed by atoms with Gasteiger partial charge in [-0.3, -0.25) is 9.59 Å². The highest BCUT2D eigenvalue weighted by Crippen LogP contribution is 2.54. The van der Waals surface area contributed by atoms with Crippen LogP contribution in [0.3, 0.4) is 0 Å². The Balaban J connectivity index is 2.25. The Hall–Kier alpha value is -1.72. The third-order valence-corrected chi connectivity index (χ3v) is 5.01. The molecule has 2 atom stereocenters. The van der Waals surface area contributed by atoms with Crippen LogP contribution in [0.5, 0.6) is 17.2 Å². The van der Waals surface area contributed by atoms with E-state index in [-0.39, 0.29) is 45.1 Å². The summed E-state index contributed by atoms with van der Waals surface area (Å²) in [6, 6.07) is 1.53. The SMILES string of the molecule is COc1cc(OC)c2c(c1Cl)OC1(C2=O)C(Cl)=CC(=O)CC1C. The fourth-order valence-electron chi connectivity index (χ4n) is 3.07. The van der Waals surface area contributed by atoms with E-state index in [2.05, 4.69) is 0 Å². The molecule has 0 N–H and O–H groups in total. The number of halogens is 2. The molecule has 1 aromatic rings. The lowest BCUT2D eigenvalue weighted by Crippen LogP contribution is -2.49. The van der Waals surface area contributed by atoms with Crippen molar-refractivity contribution in [2.75, 3.05) is 14.2 Å². The highest BCUT2D eigenvalue weighted by atomic mass is 35.5. The van der Waals surface area contributed by atoms with Crippen molar-refractivity contribution in [2.24, 2.45) is 5.92 Å². The first-order valence-electron chi connectivity index (χ1n) is 6.95. The third kappa shape index (κ3) is 2.07. The average Bonchev–Trinajstić information content (AvgIpc) is 2.82. The predicted molar refractivity (Wildman–Crippen MR) is 85.0 cm³/mol. The van der Waals surface area contributed by atoms with E-state index in [0.29, 0.717) is 5.75 Å². The molecule has 0 aromatic heterocycles. The minimum Gasteiger partial charge on any atom is -0.496 e. The van der Waals surface area contributed by atoms with E-state index >= 15 is 0 Å². The summed E-state index contributed by atoms with van der Waals surface area (Å²) in [4.78, 5) is 24.8. The second kappa shape index (κ2) is 5.42. The zero-order valence-corrected chi connectivity index (χ0v) is 14.2. The largest absolute Gasteiger partial charge is 0.496 e. The molecule has 0 amide bonds. The Kier molecular flexibility index (Phi) is 3.81. The van der Waals surface area contributed by atoms with Gasteiger partial charge in [0.1, 0.15) is 22.1 Å². The molecule has 5 nitrogen and oxygen atoms in total. The number of carbonyl (C=O) groups excluding carboxylic acids is 2. The van der Waals surface area contributed by atoms with Crippen molar-refractivity contribution >= 4 is 34.8 Å². The van der Waals surface area contributed by atoms with Gasteiger partial charge in [-0.05, 0) is 0 Å². The highest BCUT2D eigenvalue weighted by molar-refractivity contribution is 6.38. The minimum atomic E-state index is -1.44. The van der Waals surface area contributed by atoms with Crippen LogP contribution in [-0.4, -0.2) is 31.4 Å². The number of rotatable bonds is 2. The number of methoxy groups -OCH3 is 2. The van der Waals surface area contributed by atoms with Crippen molar-refractivity contribution in [1.82, 2.24) is 0 Å². The van der Waals surface area contributed by atoms with Crippen LogP contribution in [0.4, 0.5) is 0 Å². The van der Waals surface area contributed by atoms with Crippen molar-refractivity contribution in [1.29, 1.82) is 0 Å². The zero-order valence-electron chi connectivity index (χ0n) is 12.7. The van der Waals surface area contributed by atoms with Crippen LogP contribution >= 0.6 is 23.2 Å². The molecule has 1 spiro atoms. The quantitative estimate of drug-likeness (QED) is 0.812. The molecule has 1 aliphatic carbocycles. The Bertz CT molecular complexity index is 755. The van der Waals surface area contributed by atoms with Crippen LogP contribution in [0.15, 0.2) is 17.2 Å². The fraction of sp³-hybridized carbons (Fsp3) is 0.375. The lowest BCUT2D eigenvalue weighted by Gasteiger charge is -2.35. The molecule has 1 aliphatic heterocycles. The summed E-state index contributed by atoms with van der Waals surface area (Å²) in [5.74, 6) is -0.158. The van der Waals surface area contributed by atoms with Gasteiger partial charge in [0.25, 0.3) is 0 Å². The average molecular weight is 357 g/mol. The van der Waals surface area contributed by atoms with Gasteiger partial charge in [-0.2, -0.15) is 0 Å². The standard InChI is InChI=1S/C16H14Cl2O5/c1-7-4-8(19)5-11(17)16(7)15(20)12-9(21-2)6-10(22-3)13(18)14(12)23-16/h5-7H,4H2,1-3H3. The van der Waals surface area contributed by atoms with E-state index in [1.807, 2.05) is 0 Å². The molecule has 23 heavy (non-hydrogen) atoms. The molecule has 0 saturated heterocycles. The third-order valence-electron chi connectivity index (χ3n) is 4.26. The number of ether oxygens (including phenoxy) is 3. The summed E-state index contributed by atoms with van der Waals surface area (Å²) in [7, 11) is 2.89. The number of Topliss-reactive ketones (excluding diaryl/α,β-unsaturated/α-hetero) is 1. The van der Waals surface area contributed by atoms with Gasteiger partial charge in [0, 0.05) is 24.5 Å². The molecule has 0 bridgehead atoms. The van der Waals surface area contributed by atoms with Crippen molar-refractivity contribution in [3.8, 4) is 17.2 Å². The lowest BCUT2D eigenvalue weighted by molar-refractivity contribution is -0.117. The molecule has 2 aliphatic rings. The summed E-state index contributed by atoms with van der Waals surface area (Å²) in [5, 5.41) is 0.224. The van der Waals surface area contributed by atoms with Gasteiger partial charge in [-0.15, -0.1) is 0 Å². The van der Waals surface area contributed by atoms with Crippen LogP contribution in [-0.2, 0) is 4.79 Å². The van der Waals surface area contributed by atoms with Crippen molar-refractivity contribution in [3.63, 3.8) is 0 Å². The monoisotopic (exact) mass is 356 g/mol. The maximum absolute atomic E-state index is 13.1. The topological polar surface area (TPSA) is 61.8 Å². The van der Waals surface area contributed by atoms with Crippen LogP contribution in [0, 0.1) is 5.92 Å². The number of benzene rings is 1. The maximum Gasteiger partial charge on any atom is 0.219 e. The lowest BCUT2D eigenvalue weighted by atomic mass is 9.77. The fourth-order valence-corrected chi connectivity index (χ4v) is 3.77. The summed E-state index contributed by atoms with van der Waals surface area (Å²) in [6.07, 6.45) is 1.40. The summed E-state index contributed by atoms with van der Waals surface area (Å²) < 4.78 is 16.4.